The Balaban J connectivity index is 1.71. The van der Waals surface area contributed by atoms with Crippen molar-refractivity contribution in [3.05, 3.63) is 29.3 Å². The van der Waals surface area contributed by atoms with Crippen LogP contribution < -0.4 is 4.74 Å². The van der Waals surface area contributed by atoms with Crippen LogP contribution in [-0.4, -0.2) is 36.9 Å². The fourth-order valence-electron chi connectivity index (χ4n) is 5.42. The van der Waals surface area contributed by atoms with Crippen molar-refractivity contribution in [2.24, 2.45) is 0 Å². The van der Waals surface area contributed by atoms with Crippen LogP contribution in [0, 0.1) is 0 Å². The molecule has 0 spiro atoms. The van der Waals surface area contributed by atoms with Gasteiger partial charge in [0, 0.05) is 12.0 Å². The molecule has 1 heterocycles. The molecule has 1 N–H and O–H groups in total. The van der Waals surface area contributed by atoms with Crippen LogP contribution in [0.2, 0.25) is 0 Å². The van der Waals surface area contributed by atoms with Gasteiger partial charge < -0.3 is 19.3 Å². The quantitative estimate of drug-likeness (QED) is 0.0950. The number of ether oxygens (including phenoxy) is 3. The first-order valence-corrected chi connectivity index (χ1v) is 16.3. The minimum atomic E-state index is -1.38. The Hall–Kier alpha value is -2.08. The van der Waals surface area contributed by atoms with E-state index in [4.69, 9.17) is 14.2 Å². The summed E-state index contributed by atoms with van der Waals surface area (Å²) in [5, 5.41) is 10.2. The van der Waals surface area contributed by atoms with Gasteiger partial charge in [0.2, 0.25) is 0 Å². The minimum absolute atomic E-state index is 0.194. The maximum atomic E-state index is 12.8. The highest BCUT2D eigenvalue weighted by Gasteiger charge is 2.48. The van der Waals surface area contributed by atoms with E-state index in [1.54, 1.807) is 18.2 Å². The molecule has 2 rings (SSSR count). The highest BCUT2D eigenvalue weighted by molar-refractivity contribution is 5.97. The summed E-state index contributed by atoms with van der Waals surface area (Å²) in [6, 6.07) is 5.31. The van der Waals surface area contributed by atoms with E-state index >= 15 is 0 Å². The van der Waals surface area contributed by atoms with Crippen LogP contribution in [0.1, 0.15) is 158 Å². The van der Waals surface area contributed by atoms with E-state index in [0.29, 0.717) is 29.9 Å². The summed E-state index contributed by atoms with van der Waals surface area (Å²) >= 11 is 0. The molecular weight excluding hydrogens is 504 g/mol. The van der Waals surface area contributed by atoms with Crippen LogP contribution in [-0.2, 0) is 19.9 Å². The molecule has 0 saturated heterocycles. The van der Waals surface area contributed by atoms with Crippen molar-refractivity contribution < 1.29 is 28.9 Å². The SMILES string of the molecule is CCCCCCCCCCCCOc1cccc2c1C(=O)O[C@]2(CO)COC(=O)CCCCCCCCCCC. The average molecular weight is 561 g/mol. The molecule has 1 atom stereocenters. The molecule has 1 aliphatic rings. The van der Waals surface area contributed by atoms with Crippen LogP contribution in [0.4, 0.5) is 0 Å². The summed E-state index contributed by atoms with van der Waals surface area (Å²) in [6.45, 7) is 4.34. The van der Waals surface area contributed by atoms with Crippen LogP contribution in [0.25, 0.3) is 0 Å². The molecule has 1 aliphatic heterocycles. The number of aliphatic hydroxyl groups is 1. The molecule has 6 heteroatoms. The minimum Gasteiger partial charge on any atom is -0.493 e. The second kappa shape index (κ2) is 20.7. The highest BCUT2D eigenvalue weighted by atomic mass is 16.6. The number of benzene rings is 1. The summed E-state index contributed by atoms with van der Waals surface area (Å²) in [6.07, 6.45) is 23.4. The van der Waals surface area contributed by atoms with E-state index in [-0.39, 0.29) is 12.6 Å². The third-order valence-corrected chi connectivity index (χ3v) is 7.97. The van der Waals surface area contributed by atoms with Crippen molar-refractivity contribution in [2.45, 2.75) is 148 Å². The summed E-state index contributed by atoms with van der Waals surface area (Å²) in [4.78, 5) is 25.2. The lowest BCUT2D eigenvalue weighted by molar-refractivity contribution is -0.154. The van der Waals surface area contributed by atoms with Gasteiger partial charge in [-0.2, -0.15) is 0 Å². The molecule has 40 heavy (non-hydrogen) atoms. The molecule has 0 radical (unpaired) electrons. The van der Waals surface area contributed by atoms with Gasteiger partial charge in [0.05, 0.1) is 13.2 Å². The Labute approximate surface area is 243 Å². The fourth-order valence-corrected chi connectivity index (χ4v) is 5.42. The number of hydrogen-bond acceptors (Lipinski definition) is 6. The molecule has 1 aromatic carbocycles. The maximum Gasteiger partial charge on any atom is 0.343 e. The standard InChI is InChI=1S/C34H56O6/c1-3-5-7-9-11-13-15-17-19-21-26-38-30-24-22-23-29-32(30)33(37)40-34(29,27-35)28-39-31(36)25-20-18-16-14-12-10-8-6-4-2/h22-24,35H,3-21,25-28H2,1-2H3/t34-/m1/s1. The van der Waals surface area contributed by atoms with Gasteiger partial charge in [0.25, 0.3) is 0 Å². The average Bonchev–Trinajstić information content (AvgIpc) is 3.26. The lowest BCUT2D eigenvalue weighted by Gasteiger charge is -2.26. The molecule has 1 aromatic rings. The van der Waals surface area contributed by atoms with E-state index in [9.17, 15) is 14.7 Å². The molecule has 0 amide bonds. The van der Waals surface area contributed by atoms with Gasteiger partial charge in [0.1, 0.15) is 17.9 Å². The number of aliphatic hydroxyl groups excluding tert-OH is 1. The maximum absolute atomic E-state index is 12.8. The Morgan fingerprint density at radius 2 is 1.30 bits per heavy atom. The largest absolute Gasteiger partial charge is 0.493 e. The number of fused-ring (bicyclic) bond motifs is 1. The normalized spacial score (nSPS) is 16.1. The first-order chi connectivity index (χ1) is 19.6. The van der Waals surface area contributed by atoms with Crippen LogP contribution in [0.5, 0.6) is 5.75 Å². The molecule has 0 unspecified atom stereocenters. The van der Waals surface area contributed by atoms with Gasteiger partial charge in [-0.1, -0.05) is 135 Å². The van der Waals surface area contributed by atoms with Gasteiger partial charge >= 0.3 is 11.9 Å². The number of unbranched alkanes of at least 4 members (excludes halogenated alkanes) is 17. The highest BCUT2D eigenvalue weighted by Crippen LogP contribution is 2.41. The smallest absolute Gasteiger partial charge is 0.343 e. The number of cyclic esters (lactones) is 1. The van der Waals surface area contributed by atoms with Crippen molar-refractivity contribution in [3.63, 3.8) is 0 Å². The van der Waals surface area contributed by atoms with E-state index in [1.807, 2.05) is 0 Å². The molecule has 228 valence electrons. The molecule has 0 saturated carbocycles. The van der Waals surface area contributed by atoms with E-state index < -0.39 is 18.2 Å². The van der Waals surface area contributed by atoms with Gasteiger partial charge in [-0.25, -0.2) is 4.79 Å². The van der Waals surface area contributed by atoms with Crippen LogP contribution >= 0.6 is 0 Å². The molecule has 0 aliphatic carbocycles. The fraction of sp³-hybridized carbons (Fsp3) is 0.765. The van der Waals surface area contributed by atoms with Gasteiger partial charge in [-0.15, -0.1) is 0 Å². The number of carbonyl (C=O) groups is 2. The zero-order valence-corrected chi connectivity index (χ0v) is 25.5. The molecule has 0 fully saturated rings. The molecule has 0 aromatic heterocycles. The summed E-state index contributed by atoms with van der Waals surface area (Å²) in [7, 11) is 0. The lowest BCUT2D eigenvalue weighted by Crippen LogP contribution is -2.37. The van der Waals surface area contributed by atoms with Gasteiger partial charge in [-0.05, 0) is 18.9 Å². The first kappa shape index (κ1) is 34.1. The number of rotatable bonds is 25. The second-order valence-corrected chi connectivity index (χ2v) is 11.5. The monoisotopic (exact) mass is 560 g/mol. The van der Waals surface area contributed by atoms with Crippen LogP contribution in [0.3, 0.4) is 0 Å². The predicted octanol–water partition coefficient (Wildman–Crippen LogP) is 8.81. The van der Waals surface area contributed by atoms with Gasteiger partial charge in [0.15, 0.2) is 5.60 Å². The number of carbonyl (C=O) groups excluding carboxylic acids is 2. The summed E-state index contributed by atoms with van der Waals surface area (Å²) in [5.74, 6) is -0.402. The van der Waals surface area contributed by atoms with E-state index in [1.165, 1.54) is 89.9 Å². The topological polar surface area (TPSA) is 82.1 Å². The Kier molecular flexibility index (Phi) is 17.7. The van der Waals surface area contributed by atoms with Crippen molar-refractivity contribution in [3.8, 4) is 5.75 Å². The van der Waals surface area contributed by atoms with Crippen LogP contribution in [0.15, 0.2) is 18.2 Å². The first-order valence-electron chi connectivity index (χ1n) is 16.3. The third kappa shape index (κ3) is 12.2. The summed E-state index contributed by atoms with van der Waals surface area (Å²) in [5.41, 5.74) is -0.521. The Bertz CT molecular complexity index is 838. The van der Waals surface area contributed by atoms with E-state index in [2.05, 4.69) is 13.8 Å². The molecule has 0 bridgehead atoms. The van der Waals surface area contributed by atoms with Crippen molar-refractivity contribution in [1.82, 2.24) is 0 Å². The number of hydrogen-bond donors (Lipinski definition) is 1. The number of esters is 2. The Morgan fingerprint density at radius 1 is 0.775 bits per heavy atom. The lowest BCUT2D eigenvalue weighted by atomic mass is 9.93. The van der Waals surface area contributed by atoms with E-state index in [0.717, 1.165) is 32.1 Å². The predicted molar refractivity (Wildman–Crippen MR) is 161 cm³/mol. The Morgan fingerprint density at radius 3 is 1.85 bits per heavy atom. The zero-order chi connectivity index (χ0) is 28.9. The van der Waals surface area contributed by atoms with Gasteiger partial charge in [-0.3, -0.25) is 4.79 Å². The second-order valence-electron chi connectivity index (χ2n) is 11.5. The van der Waals surface area contributed by atoms with Crippen molar-refractivity contribution in [1.29, 1.82) is 0 Å². The molecular formula is C34H56O6. The van der Waals surface area contributed by atoms with Crippen molar-refractivity contribution in [2.75, 3.05) is 19.8 Å². The molecule has 6 nitrogen and oxygen atoms in total. The summed E-state index contributed by atoms with van der Waals surface area (Å²) < 4.78 is 17.1. The van der Waals surface area contributed by atoms with Crippen molar-refractivity contribution >= 4 is 11.9 Å². The third-order valence-electron chi connectivity index (χ3n) is 7.97. The zero-order valence-electron chi connectivity index (χ0n) is 25.5.